The first-order valence-corrected chi connectivity index (χ1v) is 8.45. The molecule has 0 aliphatic carbocycles. The second-order valence-electron chi connectivity index (χ2n) is 6.38. The van der Waals surface area contributed by atoms with Gasteiger partial charge < -0.3 is 10.2 Å². The fourth-order valence-corrected chi connectivity index (χ4v) is 3.25. The molecule has 0 radical (unpaired) electrons. The molecule has 0 amide bonds. The predicted octanol–water partition coefficient (Wildman–Crippen LogP) is 2.45. The molecule has 1 saturated heterocycles. The van der Waals surface area contributed by atoms with Crippen LogP contribution in [-0.2, 0) is 6.54 Å². The summed E-state index contributed by atoms with van der Waals surface area (Å²) < 4.78 is 15.4. The number of hydrogen-bond acceptors (Lipinski definition) is 5. The van der Waals surface area contributed by atoms with E-state index in [0.29, 0.717) is 31.7 Å². The number of anilines is 1. The Balaban J connectivity index is 1.52. The molecule has 0 saturated carbocycles. The molecule has 2 aliphatic heterocycles. The molecule has 6 nitrogen and oxygen atoms in total. The fraction of sp³-hybridized carbons (Fsp3) is 0.471. The zero-order valence-electron chi connectivity index (χ0n) is 13.6. The van der Waals surface area contributed by atoms with Crippen LogP contribution in [0.3, 0.4) is 0 Å². The van der Waals surface area contributed by atoms with Gasteiger partial charge in [-0.3, -0.25) is 0 Å². The third-order valence-electron chi connectivity index (χ3n) is 4.69. The topological polar surface area (TPSA) is 58.9 Å². The van der Waals surface area contributed by atoms with Crippen LogP contribution in [0.4, 0.5) is 10.2 Å². The summed E-state index contributed by atoms with van der Waals surface area (Å²) in [7, 11) is 0. The van der Waals surface area contributed by atoms with E-state index in [9.17, 15) is 4.39 Å². The Labute approximate surface area is 140 Å². The van der Waals surface area contributed by atoms with Crippen LogP contribution in [-0.4, -0.2) is 39.2 Å². The molecule has 24 heavy (non-hydrogen) atoms. The number of rotatable bonds is 2. The standard InChI is InChI=1S/C17H21FN6/c1-12-14-11-24(22-15(14)10-19-12)17-6-5-16(20-21-17)23-8-3-2-4-13(18)7-9-23/h5-6,11,13,19H,1-4,7-10H2. The third kappa shape index (κ3) is 2.86. The summed E-state index contributed by atoms with van der Waals surface area (Å²) in [5.41, 5.74) is 2.89. The average molecular weight is 328 g/mol. The SMILES string of the molecule is C=C1NCc2nn(-c3ccc(N4CCCCC(F)CC4)nn3)cc21. The van der Waals surface area contributed by atoms with Gasteiger partial charge in [-0.2, -0.15) is 5.10 Å². The Kier molecular flexibility index (Phi) is 3.92. The van der Waals surface area contributed by atoms with Gasteiger partial charge in [-0.05, 0) is 37.8 Å². The Hall–Kier alpha value is -2.44. The quantitative estimate of drug-likeness (QED) is 0.918. The second kappa shape index (κ2) is 6.22. The highest BCUT2D eigenvalue weighted by Gasteiger charge is 2.20. The van der Waals surface area contributed by atoms with E-state index < -0.39 is 6.17 Å². The summed E-state index contributed by atoms with van der Waals surface area (Å²) in [6.45, 7) is 6.26. The van der Waals surface area contributed by atoms with Crippen LogP contribution >= 0.6 is 0 Å². The van der Waals surface area contributed by atoms with Crippen LogP contribution in [0.25, 0.3) is 11.5 Å². The largest absolute Gasteiger partial charge is 0.379 e. The molecular formula is C17H21FN6. The van der Waals surface area contributed by atoms with E-state index >= 15 is 0 Å². The number of nitrogens with zero attached hydrogens (tertiary/aromatic N) is 5. The van der Waals surface area contributed by atoms with Gasteiger partial charge in [-0.1, -0.05) is 6.58 Å². The monoisotopic (exact) mass is 328 g/mol. The third-order valence-corrected chi connectivity index (χ3v) is 4.69. The summed E-state index contributed by atoms with van der Waals surface area (Å²) in [6, 6.07) is 3.85. The Morgan fingerprint density at radius 2 is 1.96 bits per heavy atom. The molecule has 1 unspecified atom stereocenters. The van der Waals surface area contributed by atoms with Crippen molar-refractivity contribution in [1.29, 1.82) is 0 Å². The smallest absolute Gasteiger partial charge is 0.175 e. The minimum absolute atomic E-state index is 0.560. The van der Waals surface area contributed by atoms with Crippen LogP contribution in [0, 0.1) is 0 Å². The molecule has 4 heterocycles. The molecule has 1 N–H and O–H groups in total. The van der Waals surface area contributed by atoms with Crippen molar-refractivity contribution in [1.82, 2.24) is 25.3 Å². The maximum Gasteiger partial charge on any atom is 0.175 e. The summed E-state index contributed by atoms with van der Waals surface area (Å²) >= 11 is 0. The molecule has 1 fully saturated rings. The van der Waals surface area contributed by atoms with Crippen molar-refractivity contribution in [2.24, 2.45) is 0 Å². The molecule has 2 aliphatic rings. The summed E-state index contributed by atoms with van der Waals surface area (Å²) in [6.07, 6.45) is 4.39. The zero-order chi connectivity index (χ0) is 16.5. The van der Waals surface area contributed by atoms with Crippen LogP contribution in [0.1, 0.15) is 36.9 Å². The minimum Gasteiger partial charge on any atom is -0.379 e. The molecule has 0 spiro atoms. The van der Waals surface area contributed by atoms with E-state index in [1.54, 1.807) is 4.68 Å². The van der Waals surface area contributed by atoms with Gasteiger partial charge in [0, 0.05) is 30.5 Å². The van der Waals surface area contributed by atoms with Crippen molar-refractivity contribution in [3.8, 4) is 5.82 Å². The maximum absolute atomic E-state index is 13.6. The first-order valence-electron chi connectivity index (χ1n) is 8.45. The molecule has 126 valence electrons. The molecule has 4 rings (SSSR count). The summed E-state index contributed by atoms with van der Waals surface area (Å²) in [4.78, 5) is 2.12. The Bertz CT molecular complexity index is 738. The van der Waals surface area contributed by atoms with Crippen molar-refractivity contribution < 1.29 is 4.39 Å². The van der Waals surface area contributed by atoms with Crippen molar-refractivity contribution >= 4 is 11.5 Å². The highest BCUT2D eigenvalue weighted by atomic mass is 19.1. The maximum atomic E-state index is 13.6. The van der Waals surface area contributed by atoms with Gasteiger partial charge in [0.15, 0.2) is 11.6 Å². The first-order chi connectivity index (χ1) is 11.7. The van der Waals surface area contributed by atoms with Crippen molar-refractivity contribution in [3.63, 3.8) is 0 Å². The van der Waals surface area contributed by atoms with Crippen LogP contribution in [0.2, 0.25) is 0 Å². The molecule has 2 aromatic heterocycles. The van der Waals surface area contributed by atoms with Crippen molar-refractivity contribution in [2.45, 2.75) is 38.4 Å². The molecular weight excluding hydrogens is 307 g/mol. The number of hydrogen-bond donors (Lipinski definition) is 1. The van der Waals surface area contributed by atoms with E-state index in [1.165, 1.54) is 0 Å². The van der Waals surface area contributed by atoms with Crippen LogP contribution in [0.15, 0.2) is 24.9 Å². The lowest BCUT2D eigenvalue weighted by molar-refractivity contribution is 0.281. The predicted molar refractivity (Wildman–Crippen MR) is 90.6 cm³/mol. The normalized spacial score (nSPS) is 21.1. The lowest BCUT2D eigenvalue weighted by atomic mass is 10.1. The van der Waals surface area contributed by atoms with Gasteiger partial charge in [0.05, 0.1) is 12.2 Å². The number of aromatic nitrogens is 4. The lowest BCUT2D eigenvalue weighted by Gasteiger charge is -2.26. The van der Waals surface area contributed by atoms with E-state index in [2.05, 4.69) is 32.1 Å². The van der Waals surface area contributed by atoms with E-state index in [-0.39, 0.29) is 0 Å². The van der Waals surface area contributed by atoms with E-state index in [0.717, 1.165) is 42.2 Å². The molecule has 1 atom stereocenters. The zero-order valence-corrected chi connectivity index (χ0v) is 13.6. The van der Waals surface area contributed by atoms with Crippen molar-refractivity contribution in [2.75, 3.05) is 18.0 Å². The number of nitrogens with one attached hydrogen (secondary N) is 1. The molecule has 7 heteroatoms. The van der Waals surface area contributed by atoms with E-state index in [1.807, 2.05) is 18.3 Å². The van der Waals surface area contributed by atoms with Gasteiger partial charge >= 0.3 is 0 Å². The first kappa shape index (κ1) is 15.1. The van der Waals surface area contributed by atoms with Crippen molar-refractivity contribution in [3.05, 3.63) is 36.2 Å². The van der Waals surface area contributed by atoms with Gasteiger partial charge in [0.2, 0.25) is 0 Å². The molecule has 2 aromatic rings. The van der Waals surface area contributed by atoms with Crippen LogP contribution in [0.5, 0.6) is 0 Å². The number of halogens is 1. The number of alkyl halides is 1. The molecule has 0 aromatic carbocycles. The minimum atomic E-state index is -0.701. The van der Waals surface area contributed by atoms with Gasteiger partial charge in [-0.15, -0.1) is 10.2 Å². The Morgan fingerprint density at radius 3 is 2.75 bits per heavy atom. The summed E-state index contributed by atoms with van der Waals surface area (Å²) in [5.74, 6) is 1.48. The average Bonchev–Trinajstić information content (AvgIpc) is 3.14. The second-order valence-corrected chi connectivity index (χ2v) is 6.38. The highest BCUT2D eigenvalue weighted by molar-refractivity contribution is 5.67. The number of fused-ring (bicyclic) bond motifs is 1. The van der Waals surface area contributed by atoms with E-state index in [4.69, 9.17) is 0 Å². The fourth-order valence-electron chi connectivity index (χ4n) is 3.25. The molecule has 0 bridgehead atoms. The van der Waals surface area contributed by atoms with Gasteiger partial charge in [0.25, 0.3) is 0 Å². The summed E-state index contributed by atoms with van der Waals surface area (Å²) in [5, 5.41) is 16.3. The van der Waals surface area contributed by atoms with Gasteiger partial charge in [0.1, 0.15) is 6.17 Å². The highest BCUT2D eigenvalue weighted by Crippen LogP contribution is 2.23. The lowest BCUT2D eigenvalue weighted by Crippen LogP contribution is -2.30. The van der Waals surface area contributed by atoms with Crippen LogP contribution < -0.4 is 10.2 Å². The van der Waals surface area contributed by atoms with Gasteiger partial charge in [-0.25, -0.2) is 9.07 Å². The Morgan fingerprint density at radius 1 is 1.12 bits per heavy atom.